The summed E-state index contributed by atoms with van der Waals surface area (Å²) in [7, 11) is 0. The van der Waals surface area contributed by atoms with Gasteiger partial charge in [-0.2, -0.15) is 0 Å². The molecule has 0 bridgehead atoms. The summed E-state index contributed by atoms with van der Waals surface area (Å²) in [6, 6.07) is 4.47. The van der Waals surface area contributed by atoms with Crippen LogP contribution in [0, 0.1) is 10.1 Å². The number of benzene rings is 1. The van der Waals surface area contributed by atoms with Gasteiger partial charge in [0.2, 0.25) is 5.91 Å². The molecule has 1 fully saturated rings. The molecule has 0 unspecified atom stereocenters. The zero-order valence-corrected chi connectivity index (χ0v) is 12.3. The second-order valence-corrected chi connectivity index (χ2v) is 5.10. The molecule has 1 aromatic carbocycles. The number of nitro groups is 1. The summed E-state index contributed by atoms with van der Waals surface area (Å²) >= 11 is 0. The van der Waals surface area contributed by atoms with E-state index in [-0.39, 0.29) is 29.7 Å². The number of hydrogen-bond acceptors (Lipinski definition) is 5. The number of carbonyl (C=O) groups excluding carboxylic acids is 1. The number of nitrogens with zero attached hydrogens (tertiary/aromatic N) is 2. The van der Waals surface area contributed by atoms with Gasteiger partial charge in [-0.3, -0.25) is 19.8 Å². The van der Waals surface area contributed by atoms with Crippen LogP contribution >= 0.6 is 12.4 Å². The van der Waals surface area contributed by atoms with E-state index in [9.17, 15) is 14.9 Å². The minimum Gasteiger partial charge on any atom is -0.366 e. The van der Waals surface area contributed by atoms with Crippen molar-refractivity contribution in [3.8, 4) is 0 Å². The van der Waals surface area contributed by atoms with Crippen molar-refractivity contribution in [2.75, 3.05) is 13.1 Å². The van der Waals surface area contributed by atoms with E-state index in [1.165, 1.54) is 12.1 Å². The van der Waals surface area contributed by atoms with Crippen LogP contribution in [-0.4, -0.2) is 34.9 Å². The summed E-state index contributed by atoms with van der Waals surface area (Å²) in [4.78, 5) is 23.8. The van der Waals surface area contributed by atoms with Gasteiger partial charge in [0.05, 0.1) is 4.92 Å². The van der Waals surface area contributed by atoms with Gasteiger partial charge in [-0.15, -0.1) is 12.4 Å². The molecule has 1 heterocycles. The number of piperidine rings is 1. The van der Waals surface area contributed by atoms with Crippen LogP contribution in [0.25, 0.3) is 0 Å². The molecule has 0 saturated carbocycles. The van der Waals surface area contributed by atoms with E-state index in [4.69, 9.17) is 11.5 Å². The Morgan fingerprint density at radius 1 is 1.48 bits per heavy atom. The molecule has 1 aromatic rings. The summed E-state index contributed by atoms with van der Waals surface area (Å²) < 4.78 is 0. The van der Waals surface area contributed by atoms with Crippen molar-refractivity contribution in [1.29, 1.82) is 0 Å². The van der Waals surface area contributed by atoms with E-state index in [1.807, 2.05) is 0 Å². The van der Waals surface area contributed by atoms with E-state index < -0.39 is 10.8 Å². The number of nitro benzene ring substituents is 1. The predicted molar refractivity (Wildman–Crippen MR) is 81.3 cm³/mol. The fourth-order valence-electron chi connectivity index (χ4n) is 2.50. The third-order valence-corrected chi connectivity index (χ3v) is 3.50. The highest BCUT2D eigenvalue weighted by molar-refractivity contribution is 5.93. The maximum absolute atomic E-state index is 11.1. The molecule has 1 aliphatic heterocycles. The number of primary amides is 1. The number of amides is 1. The first-order valence-corrected chi connectivity index (χ1v) is 6.52. The van der Waals surface area contributed by atoms with Gasteiger partial charge in [0, 0.05) is 36.3 Å². The summed E-state index contributed by atoms with van der Waals surface area (Å²) in [5.74, 6) is -0.667. The molecule has 1 aliphatic rings. The van der Waals surface area contributed by atoms with Crippen LogP contribution in [0.5, 0.6) is 0 Å². The second-order valence-electron chi connectivity index (χ2n) is 5.10. The van der Waals surface area contributed by atoms with Crippen molar-refractivity contribution >= 4 is 24.0 Å². The van der Waals surface area contributed by atoms with Gasteiger partial charge in [-0.1, -0.05) is 6.07 Å². The van der Waals surface area contributed by atoms with Crippen molar-refractivity contribution in [2.24, 2.45) is 11.5 Å². The van der Waals surface area contributed by atoms with Crippen LogP contribution in [0.1, 0.15) is 28.8 Å². The smallest absolute Gasteiger partial charge is 0.274 e. The molecule has 1 saturated heterocycles. The van der Waals surface area contributed by atoms with Crippen molar-refractivity contribution < 1.29 is 9.72 Å². The molecule has 2 rings (SSSR count). The Kier molecular flexibility index (Phi) is 6.07. The Hall–Kier alpha value is -1.70. The van der Waals surface area contributed by atoms with Gasteiger partial charge in [0.25, 0.3) is 5.69 Å². The highest BCUT2D eigenvalue weighted by Crippen LogP contribution is 2.23. The third-order valence-electron chi connectivity index (χ3n) is 3.50. The highest BCUT2D eigenvalue weighted by Gasteiger charge is 2.21. The monoisotopic (exact) mass is 314 g/mol. The largest absolute Gasteiger partial charge is 0.366 e. The van der Waals surface area contributed by atoms with Crippen LogP contribution in [0.4, 0.5) is 5.69 Å². The van der Waals surface area contributed by atoms with Gasteiger partial charge in [0.15, 0.2) is 0 Å². The van der Waals surface area contributed by atoms with Crippen molar-refractivity contribution in [3.05, 3.63) is 39.4 Å². The van der Waals surface area contributed by atoms with E-state index in [0.717, 1.165) is 25.9 Å². The molecule has 0 aromatic heterocycles. The molecule has 7 nitrogen and oxygen atoms in total. The number of carbonyl (C=O) groups is 1. The van der Waals surface area contributed by atoms with Crippen LogP contribution in [0.3, 0.4) is 0 Å². The molecule has 4 N–H and O–H groups in total. The Morgan fingerprint density at radius 3 is 2.76 bits per heavy atom. The molecule has 0 spiro atoms. The number of rotatable bonds is 4. The number of halogens is 1. The summed E-state index contributed by atoms with van der Waals surface area (Å²) in [6.45, 7) is 2.07. The first-order chi connectivity index (χ1) is 9.47. The minimum absolute atomic E-state index is 0. The lowest BCUT2D eigenvalue weighted by molar-refractivity contribution is -0.385. The molecule has 1 atom stereocenters. The van der Waals surface area contributed by atoms with Gasteiger partial charge in [-0.25, -0.2) is 0 Å². The van der Waals surface area contributed by atoms with E-state index in [1.54, 1.807) is 6.07 Å². The lowest BCUT2D eigenvalue weighted by Gasteiger charge is -2.30. The molecular formula is C13H19ClN4O3. The predicted octanol–water partition coefficient (Wildman–Crippen LogP) is 1.04. The second kappa shape index (κ2) is 7.35. The van der Waals surface area contributed by atoms with Gasteiger partial charge >= 0.3 is 0 Å². The number of likely N-dealkylation sites (tertiary alicyclic amines) is 1. The first-order valence-electron chi connectivity index (χ1n) is 6.52. The quantitative estimate of drug-likeness (QED) is 0.636. The zero-order chi connectivity index (χ0) is 14.7. The fraction of sp³-hybridized carbons (Fsp3) is 0.462. The maximum atomic E-state index is 11.1. The average Bonchev–Trinajstić information content (AvgIpc) is 2.38. The molecule has 0 radical (unpaired) electrons. The van der Waals surface area contributed by atoms with Crippen molar-refractivity contribution in [2.45, 2.75) is 25.4 Å². The van der Waals surface area contributed by atoms with E-state index >= 15 is 0 Å². The normalized spacial score (nSPS) is 18.8. The van der Waals surface area contributed by atoms with Crippen molar-refractivity contribution in [3.63, 3.8) is 0 Å². The lowest BCUT2D eigenvalue weighted by atomic mass is 10.0. The Balaban J connectivity index is 0.00000220. The Morgan fingerprint density at radius 2 is 2.19 bits per heavy atom. The van der Waals surface area contributed by atoms with Crippen LogP contribution in [0.15, 0.2) is 18.2 Å². The van der Waals surface area contributed by atoms with Crippen LogP contribution in [-0.2, 0) is 6.54 Å². The molecule has 116 valence electrons. The number of hydrogen-bond donors (Lipinski definition) is 2. The molecule has 1 amide bonds. The lowest BCUT2D eigenvalue weighted by Crippen LogP contribution is -2.42. The first kappa shape index (κ1) is 17.4. The van der Waals surface area contributed by atoms with Gasteiger partial charge in [0.1, 0.15) is 0 Å². The maximum Gasteiger partial charge on any atom is 0.274 e. The minimum atomic E-state index is -0.667. The summed E-state index contributed by atoms with van der Waals surface area (Å²) in [5.41, 5.74) is 11.7. The molecular weight excluding hydrogens is 296 g/mol. The summed E-state index contributed by atoms with van der Waals surface area (Å²) in [5, 5.41) is 11.1. The third kappa shape index (κ3) is 4.38. The SMILES string of the molecule is Cl.NC(=O)c1ccc(CN2CCC[C@@H](N)C2)c([N+](=O)[O-])c1. The van der Waals surface area contributed by atoms with Crippen LogP contribution in [0.2, 0.25) is 0 Å². The van der Waals surface area contributed by atoms with E-state index in [0.29, 0.717) is 12.1 Å². The summed E-state index contributed by atoms with van der Waals surface area (Å²) in [6.07, 6.45) is 1.98. The Bertz CT molecular complexity index is 538. The zero-order valence-electron chi connectivity index (χ0n) is 11.5. The van der Waals surface area contributed by atoms with Gasteiger partial charge < -0.3 is 11.5 Å². The fourth-order valence-corrected chi connectivity index (χ4v) is 2.50. The molecule has 0 aliphatic carbocycles. The van der Waals surface area contributed by atoms with Crippen molar-refractivity contribution in [1.82, 2.24) is 4.90 Å². The van der Waals surface area contributed by atoms with Gasteiger partial charge in [-0.05, 0) is 25.5 Å². The van der Waals surface area contributed by atoms with Crippen LogP contribution < -0.4 is 11.5 Å². The topological polar surface area (TPSA) is 115 Å². The average molecular weight is 315 g/mol. The highest BCUT2D eigenvalue weighted by atomic mass is 35.5. The molecule has 8 heteroatoms. The standard InChI is InChI=1S/C13H18N4O3.ClH/c14-11-2-1-5-16(8-11)7-10-4-3-9(13(15)18)6-12(10)17(19)20;/h3-4,6,11H,1-2,5,7-8,14H2,(H2,15,18);1H/t11-;/m1./s1. The Labute approximate surface area is 128 Å². The van der Waals surface area contributed by atoms with E-state index in [2.05, 4.69) is 4.90 Å². The number of nitrogens with two attached hydrogens (primary N) is 2. The molecule has 21 heavy (non-hydrogen) atoms.